The second kappa shape index (κ2) is 6.91. The van der Waals surface area contributed by atoms with Gasteiger partial charge in [0.25, 0.3) is 0 Å². The van der Waals surface area contributed by atoms with Gasteiger partial charge in [0.15, 0.2) is 5.82 Å². The molecule has 6 heteroatoms. The van der Waals surface area contributed by atoms with E-state index in [-0.39, 0.29) is 12.1 Å². The molecule has 1 aromatic heterocycles. The highest BCUT2D eigenvalue weighted by Crippen LogP contribution is 2.28. The van der Waals surface area contributed by atoms with E-state index in [9.17, 15) is 0 Å². The Bertz CT molecular complexity index is 595. The number of hydrogen-bond donors (Lipinski definition) is 1. The third-order valence-electron chi connectivity index (χ3n) is 3.10. The van der Waals surface area contributed by atoms with E-state index in [0.29, 0.717) is 18.1 Å². The fraction of sp³-hybridized carbons (Fsp3) is 0.467. The normalized spacial score (nSPS) is 12.7. The number of halogens is 1. The van der Waals surface area contributed by atoms with E-state index in [4.69, 9.17) is 22.1 Å². The highest BCUT2D eigenvalue weighted by atomic mass is 35.5. The van der Waals surface area contributed by atoms with Crippen LogP contribution in [0.3, 0.4) is 0 Å². The van der Waals surface area contributed by atoms with E-state index < -0.39 is 0 Å². The van der Waals surface area contributed by atoms with Crippen LogP contribution < -0.4 is 10.5 Å². The summed E-state index contributed by atoms with van der Waals surface area (Å²) < 4.78 is 7.73. The Morgan fingerprint density at radius 2 is 2.10 bits per heavy atom. The fourth-order valence-corrected chi connectivity index (χ4v) is 2.39. The summed E-state index contributed by atoms with van der Waals surface area (Å²) in [6.45, 7) is 6.41. The lowest BCUT2D eigenvalue weighted by atomic mass is 10.1. The van der Waals surface area contributed by atoms with E-state index in [1.54, 1.807) is 6.33 Å². The molecule has 0 saturated carbocycles. The average Bonchev–Trinajstić information content (AvgIpc) is 2.87. The summed E-state index contributed by atoms with van der Waals surface area (Å²) in [7, 11) is 0. The van der Waals surface area contributed by atoms with Crippen LogP contribution >= 0.6 is 11.6 Å². The van der Waals surface area contributed by atoms with Crippen molar-refractivity contribution >= 4 is 11.6 Å². The first-order valence-corrected chi connectivity index (χ1v) is 7.41. The van der Waals surface area contributed by atoms with Crippen molar-refractivity contribution in [2.75, 3.05) is 0 Å². The maximum atomic E-state index is 6.25. The Hall–Kier alpha value is -1.59. The molecular formula is C15H21ClN4O. The van der Waals surface area contributed by atoms with Crippen molar-refractivity contribution in [3.05, 3.63) is 40.9 Å². The highest BCUT2D eigenvalue weighted by Gasteiger charge is 2.13. The van der Waals surface area contributed by atoms with E-state index in [1.807, 2.05) is 29.8 Å². The summed E-state index contributed by atoms with van der Waals surface area (Å²) in [5.74, 6) is 1.54. The van der Waals surface area contributed by atoms with E-state index >= 15 is 0 Å². The molecule has 0 bridgehead atoms. The highest BCUT2D eigenvalue weighted by molar-refractivity contribution is 6.31. The van der Waals surface area contributed by atoms with Crippen LogP contribution in [0.5, 0.6) is 5.75 Å². The summed E-state index contributed by atoms with van der Waals surface area (Å²) in [6.07, 6.45) is 2.21. The summed E-state index contributed by atoms with van der Waals surface area (Å²) >= 11 is 6.25. The van der Waals surface area contributed by atoms with Gasteiger partial charge in [-0.25, -0.2) is 9.67 Å². The van der Waals surface area contributed by atoms with Gasteiger partial charge >= 0.3 is 0 Å². The molecule has 5 nitrogen and oxygen atoms in total. The molecule has 0 saturated heterocycles. The molecule has 0 amide bonds. The number of benzene rings is 1. The topological polar surface area (TPSA) is 66.0 Å². The van der Waals surface area contributed by atoms with Crippen LogP contribution in [0.1, 0.15) is 38.2 Å². The molecule has 1 unspecified atom stereocenters. The molecule has 0 aliphatic heterocycles. The third kappa shape index (κ3) is 3.95. The van der Waals surface area contributed by atoms with Crippen molar-refractivity contribution in [2.45, 2.75) is 45.9 Å². The molecule has 2 aromatic rings. The van der Waals surface area contributed by atoms with Gasteiger partial charge in [-0.05, 0) is 39.3 Å². The molecule has 0 spiro atoms. The van der Waals surface area contributed by atoms with Gasteiger partial charge in [0.2, 0.25) is 0 Å². The lowest BCUT2D eigenvalue weighted by Gasteiger charge is -2.15. The van der Waals surface area contributed by atoms with Gasteiger partial charge in [-0.15, -0.1) is 0 Å². The van der Waals surface area contributed by atoms with Crippen LogP contribution in [-0.2, 0) is 13.0 Å². The van der Waals surface area contributed by atoms with Gasteiger partial charge < -0.3 is 10.5 Å². The van der Waals surface area contributed by atoms with E-state index in [2.05, 4.69) is 23.9 Å². The van der Waals surface area contributed by atoms with Gasteiger partial charge in [-0.2, -0.15) is 5.10 Å². The Labute approximate surface area is 130 Å². The molecule has 0 fully saturated rings. The predicted molar refractivity (Wildman–Crippen MR) is 83.5 cm³/mol. The van der Waals surface area contributed by atoms with Crippen LogP contribution in [0.2, 0.25) is 5.02 Å². The van der Waals surface area contributed by atoms with E-state index in [1.165, 1.54) is 0 Å². The molecule has 2 N–H and O–H groups in total. The van der Waals surface area contributed by atoms with Gasteiger partial charge in [-0.1, -0.05) is 17.7 Å². The number of rotatable bonds is 6. The Kier molecular flexibility index (Phi) is 5.20. The number of aromatic nitrogens is 3. The minimum absolute atomic E-state index is 0.0200. The second-order valence-electron chi connectivity index (χ2n) is 5.40. The van der Waals surface area contributed by atoms with Gasteiger partial charge in [-0.3, -0.25) is 0 Å². The summed E-state index contributed by atoms with van der Waals surface area (Å²) in [4.78, 5) is 4.23. The summed E-state index contributed by atoms with van der Waals surface area (Å²) in [5.41, 5.74) is 6.81. The minimum Gasteiger partial charge on any atom is -0.485 e. The number of ether oxygens (including phenoxy) is 1. The zero-order chi connectivity index (χ0) is 15.4. The SMILES string of the molecule is CC(N)Cc1c(Cl)cccc1OCc1ncnn1C(C)C. The van der Waals surface area contributed by atoms with Gasteiger partial charge in [0.1, 0.15) is 18.7 Å². The van der Waals surface area contributed by atoms with Crippen molar-refractivity contribution in [3.63, 3.8) is 0 Å². The molecular weight excluding hydrogens is 288 g/mol. The van der Waals surface area contributed by atoms with E-state index in [0.717, 1.165) is 17.1 Å². The molecule has 2 rings (SSSR count). The van der Waals surface area contributed by atoms with Crippen molar-refractivity contribution in [2.24, 2.45) is 5.73 Å². The van der Waals surface area contributed by atoms with Crippen LogP contribution in [-0.4, -0.2) is 20.8 Å². The lowest BCUT2D eigenvalue weighted by Crippen LogP contribution is -2.19. The fourth-order valence-electron chi connectivity index (χ4n) is 2.15. The first kappa shape index (κ1) is 15.8. The quantitative estimate of drug-likeness (QED) is 0.891. The zero-order valence-corrected chi connectivity index (χ0v) is 13.3. The zero-order valence-electron chi connectivity index (χ0n) is 12.6. The standard InChI is InChI=1S/C15H21ClN4O/c1-10(2)20-15(18-9-19-20)8-21-14-6-4-5-13(16)12(14)7-11(3)17/h4-6,9-11H,7-8,17H2,1-3H3. The Morgan fingerprint density at radius 3 is 2.76 bits per heavy atom. The van der Waals surface area contributed by atoms with Crippen LogP contribution in [0.4, 0.5) is 0 Å². The molecule has 0 aliphatic rings. The lowest BCUT2D eigenvalue weighted by molar-refractivity contribution is 0.279. The molecule has 0 radical (unpaired) electrons. The predicted octanol–water partition coefficient (Wildman–Crippen LogP) is 2.98. The maximum Gasteiger partial charge on any atom is 0.165 e. The van der Waals surface area contributed by atoms with Gasteiger partial charge in [0.05, 0.1) is 0 Å². The molecule has 21 heavy (non-hydrogen) atoms. The van der Waals surface area contributed by atoms with Crippen molar-refractivity contribution in [1.29, 1.82) is 0 Å². The molecule has 0 aliphatic carbocycles. The first-order valence-electron chi connectivity index (χ1n) is 7.03. The number of nitrogens with zero attached hydrogens (tertiary/aromatic N) is 3. The molecule has 1 atom stereocenters. The average molecular weight is 309 g/mol. The third-order valence-corrected chi connectivity index (χ3v) is 3.45. The molecule has 1 aromatic carbocycles. The molecule has 1 heterocycles. The summed E-state index contributed by atoms with van der Waals surface area (Å²) in [6, 6.07) is 5.89. The van der Waals surface area contributed by atoms with Crippen molar-refractivity contribution in [1.82, 2.24) is 14.8 Å². The second-order valence-corrected chi connectivity index (χ2v) is 5.81. The van der Waals surface area contributed by atoms with Crippen molar-refractivity contribution < 1.29 is 4.74 Å². The largest absolute Gasteiger partial charge is 0.485 e. The Morgan fingerprint density at radius 1 is 1.33 bits per heavy atom. The van der Waals surface area contributed by atoms with Crippen LogP contribution in [0, 0.1) is 0 Å². The Balaban J connectivity index is 2.16. The van der Waals surface area contributed by atoms with Crippen LogP contribution in [0.15, 0.2) is 24.5 Å². The minimum atomic E-state index is 0.0200. The number of nitrogens with two attached hydrogens (primary N) is 1. The first-order chi connectivity index (χ1) is 9.99. The van der Waals surface area contributed by atoms with Crippen molar-refractivity contribution in [3.8, 4) is 5.75 Å². The monoisotopic (exact) mass is 308 g/mol. The molecule has 114 valence electrons. The number of hydrogen-bond acceptors (Lipinski definition) is 4. The van der Waals surface area contributed by atoms with Gasteiger partial charge in [0, 0.05) is 22.7 Å². The smallest absolute Gasteiger partial charge is 0.165 e. The summed E-state index contributed by atoms with van der Waals surface area (Å²) in [5, 5.41) is 4.87. The van der Waals surface area contributed by atoms with Crippen LogP contribution in [0.25, 0.3) is 0 Å². The maximum absolute atomic E-state index is 6.25.